The highest BCUT2D eigenvalue weighted by atomic mass is 15.0. The van der Waals surface area contributed by atoms with Gasteiger partial charge in [-0.05, 0) is 81.3 Å². The Bertz CT molecular complexity index is 2640. The quantitative estimate of drug-likeness (QED) is 0.177. The largest absolute Gasteiger partial charge is 0.319 e. The number of fused-ring (bicyclic) bond motifs is 8. The van der Waals surface area contributed by atoms with Gasteiger partial charge in [0.15, 0.2) is 0 Å². The van der Waals surface area contributed by atoms with Crippen LogP contribution in [0.15, 0.2) is 109 Å². The van der Waals surface area contributed by atoms with Gasteiger partial charge in [0.1, 0.15) is 6.07 Å². The lowest BCUT2D eigenvalue weighted by Crippen LogP contribution is -2.10. The van der Waals surface area contributed by atoms with Crippen LogP contribution in [0.5, 0.6) is 0 Å². The van der Waals surface area contributed by atoms with Gasteiger partial charge >= 0.3 is 0 Å². The second kappa shape index (κ2) is 10.3. The molecule has 0 aliphatic heterocycles. The fourth-order valence-corrected chi connectivity index (χ4v) is 7.32. The third-order valence-electron chi connectivity index (χ3n) is 9.87. The van der Waals surface area contributed by atoms with Gasteiger partial charge in [0.25, 0.3) is 0 Å². The molecule has 6 aromatic carbocycles. The Kier molecular flexibility index (Phi) is 6.36. The fraction of sp³-hybridized carbons (Fsp3) is 0.182. The average Bonchev–Trinajstić information content (AvgIpc) is 3.59. The van der Waals surface area contributed by atoms with Crippen molar-refractivity contribution in [3.05, 3.63) is 137 Å². The standard InChI is InChI=1S/C44H36N4/c1-43(2,3)29-17-20-37-33(23-29)34-24-30(44(4,5)6)18-21-38(34)47(37)41-22-28(26-45)40(25-35(41)46-7)48-36-15-11-10-14-32(36)42-31-13-9-8-12-27(31)16-19-39(42)48/h8-25H,1-6H3. The normalized spacial score (nSPS) is 12.3. The molecule has 8 rings (SSSR count). The van der Waals surface area contributed by atoms with Crippen molar-refractivity contribution in [2.45, 2.75) is 52.4 Å². The van der Waals surface area contributed by atoms with Crippen LogP contribution >= 0.6 is 0 Å². The Hall–Kier alpha value is -5.84. The molecule has 0 amide bonds. The molecule has 2 heterocycles. The van der Waals surface area contributed by atoms with E-state index in [1.54, 1.807) is 0 Å². The minimum absolute atomic E-state index is 0.0187. The Morgan fingerprint density at radius 2 is 1.10 bits per heavy atom. The summed E-state index contributed by atoms with van der Waals surface area (Å²) in [5.41, 5.74) is 8.97. The number of rotatable bonds is 2. The number of benzene rings is 6. The molecule has 232 valence electrons. The van der Waals surface area contributed by atoms with Crippen molar-refractivity contribution >= 4 is 60.1 Å². The topological polar surface area (TPSA) is 38.0 Å². The summed E-state index contributed by atoms with van der Waals surface area (Å²) in [7, 11) is 0. The van der Waals surface area contributed by atoms with Gasteiger partial charge in [-0.1, -0.05) is 102 Å². The van der Waals surface area contributed by atoms with Crippen LogP contribution in [-0.4, -0.2) is 9.13 Å². The van der Waals surface area contributed by atoms with Crippen molar-refractivity contribution in [1.29, 1.82) is 5.26 Å². The van der Waals surface area contributed by atoms with Crippen molar-refractivity contribution in [2.75, 3.05) is 0 Å². The van der Waals surface area contributed by atoms with E-state index in [0.717, 1.165) is 43.6 Å². The van der Waals surface area contributed by atoms with E-state index in [-0.39, 0.29) is 10.8 Å². The molecule has 0 saturated heterocycles. The van der Waals surface area contributed by atoms with Gasteiger partial charge in [-0.15, -0.1) is 0 Å². The summed E-state index contributed by atoms with van der Waals surface area (Å²) in [6, 6.07) is 40.7. The van der Waals surface area contributed by atoms with Crippen LogP contribution in [0.3, 0.4) is 0 Å². The second-order valence-corrected chi connectivity index (χ2v) is 14.9. The summed E-state index contributed by atoms with van der Waals surface area (Å²) < 4.78 is 4.34. The maximum absolute atomic E-state index is 10.7. The van der Waals surface area contributed by atoms with E-state index < -0.39 is 0 Å². The monoisotopic (exact) mass is 620 g/mol. The van der Waals surface area contributed by atoms with Crippen LogP contribution in [0.1, 0.15) is 58.2 Å². The summed E-state index contributed by atoms with van der Waals surface area (Å²) in [4.78, 5) is 4.12. The molecule has 0 bridgehead atoms. The van der Waals surface area contributed by atoms with Gasteiger partial charge in [0.05, 0.1) is 45.6 Å². The molecule has 8 aromatic rings. The van der Waals surface area contributed by atoms with Gasteiger partial charge in [0.2, 0.25) is 5.69 Å². The predicted octanol–water partition coefficient (Wildman–Crippen LogP) is 12.1. The van der Waals surface area contributed by atoms with Gasteiger partial charge in [-0.25, -0.2) is 4.85 Å². The molecule has 0 spiro atoms. The summed E-state index contributed by atoms with van der Waals surface area (Å²) >= 11 is 0. The molecular weight excluding hydrogens is 585 g/mol. The lowest BCUT2D eigenvalue weighted by atomic mass is 9.85. The van der Waals surface area contributed by atoms with Crippen molar-refractivity contribution in [2.24, 2.45) is 0 Å². The maximum atomic E-state index is 10.7. The molecule has 0 atom stereocenters. The first kappa shape index (κ1) is 29.6. The maximum Gasteiger partial charge on any atom is 0.212 e. The van der Waals surface area contributed by atoms with Crippen LogP contribution in [0.2, 0.25) is 0 Å². The van der Waals surface area contributed by atoms with Crippen LogP contribution in [0, 0.1) is 17.9 Å². The lowest BCUT2D eigenvalue weighted by molar-refractivity contribution is 0.590. The van der Waals surface area contributed by atoms with E-state index >= 15 is 0 Å². The van der Waals surface area contributed by atoms with Crippen molar-refractivity contribution in [1.82, 2.24) is 9.13 Å². The first-order valence-corrected chi connectivity index (χ1v) is 16.5. The van der Waals surface area contributed by atoms with E-state index in [0.29, 0.717) is 22.6 Å². The molecule has 0 aliphatic rings. The fourth-order valence-electron chi connectivity index (χ4n) is 7.32. The average molecular weight is 621 g/mol. The SMILES string of the molecule is [C-]#[N+]c1cc(-n2c3ccccc3c3c4ccccc4ccc32)c(C#N)cc1-n1c2ccc(C(C)(C)C)cc2c2cc(C(C)(C)C)ccc21. The summed E-state index contributed by atoms with van der Waals surface area (Å²) in [5.74, 6) is 0. The zero-order valence-corrected chi connectivity index (χ0v) is 28.2. The van der Waals surface area contributed by atoms with E-state index in [2.05, 4.69) is 153 Å². The second-order valence-electron chi connectivity index (χ2n) is 14.9. The molecule has 0 radical (unpaired) electrons. The van der Waals surface area contributed by atoms with Gasteiger partial charge in [0, 0.05) is 21.5 Å². The molecule has 4 heteroatoms. The molecule has 0 fully saturated rings. The van der Waals surface area contributed by atoms with Crippen LogP contribution in [0.25, 0.3) is 70.6 Å². The first-order chi connectivity index (χ1) is 23.0. The van der Waals surface area contributed by atoms with Crippen molar-refractivity contribution < 1.29 is 0 Å². The molecule has 0 unspecified atom stereocenters. The molecular formula is C44H36N4. The van der Waals surface area contributed by atoms with Gasteiger partial charge < -0.3 is 9.13 Å². The first-order valence-electron chi connectivity index (χ1n) is 16.5. The molecule has 2 aromatic heterocycles. The minimum Gasteiger partial charge on any atom is -0.319 e. The minimum atomic E-state index is -0.0187. The third-order valence-corrected chi connectivity index (χ3v) is 9.87. The molecule has 4 nitrogen and oxygen atoms in total. The van der Waals surface area contributed by atoms with Crippen molar-refractivity contribution in [3.8, 4) is 17.4 Å². The Balaban J connectivity index is 1.46. The smallest absolute Gasteiger partial charge is 0.212 e. The Labute approximate surface area is 280 Å². The highest BCUT2D eigenvalue weighted by Gasteiger charge is 2.24. The number of hydrogen-bond acceptors (Lipinski definition) is 1. The summed E-state index contributed by atoms with van der Waals surface area (Å²) in [6.07, 6.45) is 0. The summed E-state index contributed by atoms with van der Waals surface area (Å²) in [6.45, 7) is 21.9. The third kappa shape index (κ3) is 4.34. The van der Waals surface area contributed by atoms with Gasteiger partial charge in [-0.2, -0.15) is 5.26 Å². The Morgan fingerprint density at radius 1 is 0.562 bits per heavy atom. The van der Waals surface area contributed by atoms with Crippen molar-refractivity contribution in [3.63, 3.8) is 0 Å². The van der Waals surface area contributed by atoms with E-state index in [4.69, 9.17) is 6.57 Å². The highest BCUT2D eigenvalue weighted by molar-refractivity contribution is 6.21. The number of hydrogen-bond donors (Lipinski definition) is 0. The van der Waals surface area contributed by atoms with Gasteiger partial charge in [-0.3, -0.25) is 0 Å². The van der Waals surface area contributed by atoms with Crippen LogP contribution in [0.4, 0.5) is 5.69 Å². The number of aromatic nitrogens is 2. The number of nitrogens with zero attached hydrogens (tertiary/aromatic N) is 4. The summed E-state index contributed by atoms with van der Waals surface area (Å²) in [5, 5.41) is 17.6. The molecule has 0 saturated carbocycles. The number of nitriles is 1. The zero-order chi connectivity index (χ0) is 33.5. The van der Waals surface area contributed by atoms with E-state index in [1.807, 2.05) is 18.2 Å². The zero-order valence-electron chi connectivity index (χ0n) is 28.2. The number of para-hydroxylation sites is 1. The molecule has 0 N–H and O–H groups in total. The van der Waals surface area contributed by atoms with E-state index in [9.17, 15) is 5.26 Å². The van der Waals surface area contributed by atoms with E-state index in [1.165, 1.54) is 21.9 Å². The lowest BCUT2D eigenvalue weighted by Gasteiger charge is -2.19. The Morgan fingerprint density at radius 3 is 1.71 bits per heavy atom. The van der Waals surface area contributed by atoms with Crippen LogP contribution < -0.4 is 0 Å². The predicted molar refractivity (Wildman–Crippen MR) is 201 cm³/mol. The molecule has 0 aliphatic carbocycles. The highest BCUT2D eigenvalue weighted by Crippen LogP contribution is 2.43. The van der Waals surface area contributed by atoms with Crippen LogP contribution in [-0.2, 0) is 10.8 Å². The molecule has 48 heavy (non-hydrogen) atoms.